The smallest absolute Gasteiger partial charge is 0.211 e. The van der Waals surface area contributed by atoms with Crippen LogP contribution in [-0.2, 0) is 17.6 Å². The minimum absolute atomic E-state index is 0.652. The van der Waals surface area contributed by atoms with Crippen molar-refractivity contribution >= 4 is 23.7 Å². The van der Waals surface area contributed by atoms with Crippen LogP contribution in [0, 0.1) is 6.92 Å². The monoisotopic (exact) mass is 322 g/mol. The van der Waals surface area contributed by atoms with Crippen LogP contribution in [0.3, 0.4) is 0 Å². The zero-order chi connectivity index (χ0) is 16.8. The van der Waals surface area contributed by atoms with Gasteiger partial charge in [0, 0.05) is 29.8 Å². The Labute approximate surface area is 139 Å². The van der Waals surface area contributed by atoms with Gasteiger partial charge in [-0.05, 0) is 43.0 Å². The minimum atomic E-state index is 0.652. The third-order valence-electron chi connectivity index (χ3n) is 3.69. The molecule has 7 nitrogen and oxygen atoms in total. The van der Waals surface area contributed by atoms with E-state index in [1.165, 1.54) is 11.1 Å². The van der Waals surface area contributed by atoms with Gasteiger partial charge in [0.2, 0.25) is 6.41 Å². The lowest BCUT2D eigenvalue weighted by Gasteiger charge is -2.07. The van der Waals surface area contributed by atoms with Crippen LogP contribution in [0.1, 0.15) is 16.8 Å². The maximum atomic E-state index is 10.6. The topological polar surface area (TPSA) is 95.6 Å². The summed E-state index contributed by atoms with van der Waals surface area (Å²) in [5.74, 6) is 1.36. The van der Waals surface area contributed by atoms with Gasteiger partial charge in [0.25, 0.3) is 0 Å². The number of amides is 1. The van der Waals surface area contributed by atoms with E-state index in [1.807, 2.05) is 24.3 Å². The zero-order valence-electron chi connectivity index (χ0n) is 13.3. The summed E-state index contributed by atoms with van der Waals surface area (Å²) < 4.78 is 0. The van der Waals surface area contributed by atoms with Crippen LogP contribution in [0.2, 0.25) is 0 Å². The Kier molecular flexibility index (Phi) is 4.81. The summed E-state index contributed by atoms with van der Waals surface area (Å²) in [5.41, 5.74) is 4.22. The number of hydrogen-bond acceptors (Lipinski definition) is 5. The standard InChI is InChI=1S/C17H18N6O/c1-12-2-4-14(20-11-24)8-13(12)3-5-15-9-16(23-22-15)21-17-10-18-6-7-19-17/h2,4,6-11H,3,5H2,1H3,(H,20,24)(H2,19,21,22,23). The first-order valence-corrected chi connectivity index (χ1v) is 7.61. The number of nitrogens with one attached hydrogen (secondary N) is 3. The number of H-pyrrole nitrogens is 1. The maximum Gasteiger partial charge on any atom is 0.211 e. The van der Waals surface area contributed by atoms with Crippen LogP contribution < -0.4 is 10.6 Å². The summed E-state index contributed by atoms with van der Waals surface area (Å²) in [6.45, 7) is 2.06. The van der Waals surface area contributed by atoms with Gasteiger partial charge in [-0.1, -0.05) is 6.07 Å². The van der Waals surface area contributed by atoms with E-state index in [0.717, 1.165) is 24.2 Å². The summed E-state index contributed by atoms with van der Waals surface area (Å²) in [6.07, 6.45) is 7.25. The average Bonchev–Trinajstić information content (AvgIpc) is 3.04. The third kappa shape index (κ3) is 3.95. The molecule has 3 aromatic rings. The maximum absolute atomic E-state index is 10.6. The molecule has 0 spiro atoms. The Bertz CT molecular complexity index is 815. The Balaban J connectivity index is 1.63. The molecule has 0 aliphatic rings. The number of nitrogens with zero attached hydrogens (tertiary/aromatic N) is 3. The first-order chi connectivity index (χ1) is 11.7. The SMILES string of the molecule is Cc1ccc(NC=O)cc1CCc1cc(Nc2cnccn2)n[nH]1. The van der Waals surface area contributed by atoms with Crippen molar-refractivity contribution in [3.8, 4) is 0 Å². The molecule has 3 N–H and O–H groups in total. The molecule has 7 heteroatoms. The molecule has 0 bridgehead atoms. The predicted octanol–water partition coefficient (Wildman–Crippen LogP) is 2.61. The number of anilines is 3. The second-order valence-corrected chi connectivity index (χ2v) is 5.40. The fourth-order valence-electron chi connectivity index (χ4n) is 2.42. The number of benzene rings is 1. The Morgan fingerprint density at radius 3 is 2.88 bits per heavy atom. The Morgan fingerprint density at radius 1 is 1.17 bits per heavy atom. The lowest BCUT2D eigenvalue weighted by atomic mass is 10.0. The molecule has 2 aromatic heterocycles. The highest BCUT2D eigenvalue weighted by Crippen LogP contribution is 2.18. The minimum Gasteiger partial charge on any atom is -0.329 e. The number of hydrogen-bond donors (Lipinski definition) is 3. The van der Waals surface area contributed by atoms with E-state index in [0.29, 0.717) is 18.0 Å². The first kappa shape index (κ1) is 15.7. The summed E-state index contributed by atoms with van der Waals surface area (Å²) in [6, 6.07) is 7.86. The lowest BCUT2D eigenvalue weighted by Crippen LogP contribution is -1.98. The molecule has 0 unspecified atom stereocenters. The van der Waals surface area contributed by atoms with Crippen molar-refractivity contribution < 1.29 is 4.79 Å². The number of carbonyl (C=O) groups excluding carboxylic acids is 1. The van der Waals surface area contributed by atoms with Crippen LogP contribution in [0.5, 0.6) is 0 Å². The normalized spacial score (nSPS) is 10.4. The molecule has 1 amide bonds. The molecule has 0 saturated carbocycles. The van der Waals surface area contributed by atoms with Crippen molar-refractivity contribution in [3.05, 3.63) is 59.7 Å². The molecule has 0 aliphatic heterocycles. The van der Waals surface area contributed by atoms with Crippen LogP contribution in [-0.4, -0.2) is 26.6 Å². The fourth-order valence-corrected chi connectivity index (χ4v) is 2.42. The van der Waals surface area contributed by atoms with Gasteiger partial charge in [-0.2, -0.15) is 5.10 Å². The summed E-state index contributed by atoms with van der Waals surface area (Å²) in [7, 11) is 0. The molecular formula is C17H18N6O. The van der Waals surface area contributed by atoms with Gasteiger partial charge in [-0.25, -0.2) is 4.98 Å². The highest BCUT2D eigenvalue weighted by Gasteiger charge is 2.05. The number of aromatic nitrogens is 4. The van der Waals surface area contributed by atoms with Crippen LogP contribution in [0.15, 0.2) is 42.9 Å². The summed E-state index contributed by atoms with van der Waals surface area (Å²) >= 11 is 0. The molecule has 3 rings (SSSR count). The number of aromatic amines is 1. The van der Waals surface area contributed by atoms with Gasteiger partial charge in [0.05, 0.1) is 6.20 Å². The van der Waals surface area contributed by atoms with E-state index in [2.05, 4.69) is 37.7 Å². The van der Waals surface area contributed by atoms with Gasteiger partial charge >= 0.3 is 0 Å². The summed E-state index contributed by atoms with van der Waals surface area (Å²) in [4.78, 5) is 18.7. The van der Waals surface area contributed by atoms with Crippen LogP contribution >= 0.6 is 0 Å². The molecule has 0 saturated heterocycles. The van der Waals surface area contributed by atoms with Crippen molar-refractivity contribution in [2.75, 3.05) is 10.6 Å². The van der Waals surface area contributed by atoms with E-state index >= 15 is 0 Å². The fraction of sp³-hybridized carbons (Fsp3) is 0.176. The van der Waals surface area contributed by atoms with E-state index in [-0.39, 0.29) is 0 Å². The van der Waals surface area contributed by atoms with Crippen molar-refractivity contribution in [3.63, 3.8) is 0 Å². The van der Waals surface area contributed by atoms with Gasteiger partial charge in [-0.15, -0.1) is 0 Å². The number of aryl methyl sites for hydroxylation is 3. The van der Waals surface area contributed by atoms with Crippen molar-refractivity contribution in [1.82, 2.24) is 20.2 Å². The van der Waals surface area contributed by atoms with E-state index in [1.54, 1.807) is 18.6 Å². The quantitative estimate of drug-likeness (QED) is 0.581. The highest BCUT2D eigenvalue weighted by molar-refractivity contribution is 5.71. The van der Waals surface area contributed by atoms with Gasteiger partial charge in [-0.3, -0.25) is 14.9 Å². The average molecular weight is 322 g/mol. The molecular weight excluding hydrogens is 304 g/mol. The van der Waals surface area contributed by atoms with Gasteiger partial charge < -0.3 is 10.6 Å². The van der Waals surface area contributed by atoms with Crippen LogP contribution in [0.4, 0.5) is 17.3 Å². The molecule has 2 heterocycles. The Hall–Kier alpha value is -3.22. The summed E-state index contributed by atoms with van der Waals surface area (Å²) in [5, 5.41) is 13.0. The largest absolute Gasteiger partial charge is 0.329 e. The van der Waals surface area contributed by atoms with Crippen LogP contribution in [0.25, 0.3) is 0 Å². The van der Waals surface area contributed by atoms with Gasteiger partial charge in [0.1, 0.15) is 5.82 Å². The lowest BCUT2D eigenvalue weighted by molar-refractivity contribution is -0.105. The van der Waals surface area contributed by atoms with Crippen molar-refractivity contribution in [1.29, 1.82) is 0 Å². The molecule has 0 radical (unpaired) electrons. The zero-order valence-corrected chi connectivity index (χ0v) is 13.3. The van der Waals surface area contributed by atoms with Crippen molar-refractivity contribution in [2.24, 2.45) is 0 Å². The second kappa shape index (κ2) is 7.36. The van der Waals surface area contributed by atoms with E-state index in [9.17, 15) is 4.79 Å². The molecule has 0 aliphatic carbocycles. The highest BCUT2D eigenvalue weighted by atomic mass is 16.1. The second-order valence-electron chi connectivity index (χ2n) is 5.40. The molecule has 1 aromatic carbocycles. The first-order valence-electron chi connectivity index (χ1n) is 7.61. The molecule has 122 valence electrons. The number of carbonyl (C=O) groups is 1. The molecule has 24 heavy (non-hydrogen) atoms. The predicted molar refractivity (Wildman–Crippen MR) is 92.2 cm³/mol. The Morgan fingerprint density at radius 2 is 2.08 bits per heavy atom. The van der Waals surface area contributed by atoms with Crippen molar-refractivity contribution in [2.45, 2.75) is 19.8 Å². The third-order valence-corrected chi connectivity index (χ3v) is 3.69. The van der Waals surface area contributed by atoms with E-state index in [4.69, 9.17) is 0 Å². The number of rotatable bonds is 7. The molecule has 0 fully saturated rings. The van der Waals surface area contributed by atoms with Gasteiger partial charge in [0.15, 0.2) is 5.82 Å². The molecule has 0 atom stereocenters. The van der Waals surface area contributed by atoms with E-state index < -0.39 is 0 Å².